The minimum Gasteiger partial charge on any atom is -0.385 e. The van der Waals surface area contributed by atoms with Crippen LogP contribution in [0.25, 0.3) is 0 Å². The summed E-state index contributed by atoms with van der Waals surface area (Å²) in [6.45, 7) is 5.26. The molecule has 0 bridgehead atoms. The highest BCUT2D eigenvalue weighted by Crippen LogP contribution is 2.27. The monoisotopic (exact) mass is 289 g/mol. The second-order valence-electron chi connectivity index (χ2n) is 5.61. The van der Waals surface area contributed by atoms with E-state index in [1.54, 1.807) is 12.1 Å². The van der Waals surface area contributed by atoms with E-state index in [1.807, 2.05) is 19.9 Å². The summed E-state index contributed by atoms with van der Waals surface area (Å²) >= 11 is 0. The molecule has 0 unspecified atom stereocenters. The molecule has 2 rings (SSSR count). The van der Waals surface area contributed by atoms with Crippen molar-refractivity contribution in [1.29, 1.82) is 0 Å². The molecule has 1 aliphatic heterocycles. The summed E-state index contributed by atoms with van der Waals surface area (Å²) in [7, 11) is 0. The average Bonchev–Trinajstić information content (AvgIpc) is 2.70. The molecule has 0 radical (unpaired) electrons. The largest absolute Gasteiger partial charge is 0.385 e. The van der Waals surface area contributed by atoms with Crippen molar-refractivity contribution in [2.24, 2.45) is 5.73 Å². The molecule has 0 aliphatic carbocycles. The number of nitrogens with one attached hydrogen (secondary N) is 1. The molecule has 5 heteroatoms. The average molecular weight is 289 g/mol. The number of hydrogen-bond donors (Lipinski definition) is 2. The molecule has 114 valence electrons. The summed E-state index contributed by atoms with van der Waals surface area (Å²) < 4.78 is 0. The van der Waals surface area contributed by atoms with Crippen LogP contribution in [0.2, 0.25) is 0 Å². The van der Waals surface area contributed by atoms with E-state index in [4.69, 9.17) is 5.73 Å². The van der Waals surface area contributed by atoms with Crippen LogP contribution in [-0.4, -0.2) is 35.8 Å². The molecule has 0 saturated heterocycles. The number of carbonyl (C=O) groups is 2. The zero-order chi connectivity index (χ0) is 15.4. The molecular weight excluding hydrogens is 266 g/mol. The third kappa shape index (κ3) is 3.24. The summed E-state index contributed by atoms with van der Waals surface area (Å²) in [6, 6.07) is 5.25. The molecular formula is C16H23N3O2. The first-order valence-electron chi connectivity index (χ1n) is 7.52. The third-order valence-electron chi connectivity index (χ3n) is 3.64. The van der Waals surface area contributed by atoms with E-state index in [0.29, 0.717) is 11.1 Å². The molecule has 0 spiro atoms. The molecule has 1 heterocycles. The number of rotatable bonds is 7. The standard InChI is InChI=1S/C16H23N3O2/c1-11(2)19-15(20)13-7-6-12(10-14(13)16(19)21)18-9-5-3-4-8-17/h6-7,10-11,18H,3-5,8-9,17H2,1-2H3. The molecule has 1 aromatic rings. The number of amides is 2. The minimum absolute atomic E-state index is 0.120. The summed E-state index contributed by atoms with van der Waals surface area (Å²) in [5.74, 6) is -0.392. The lowest BCUT2D eigenvalue weighted by Gasteiger charge is -2.17. The SMILES string of the molecule is CC(C)N1C(=O)c2ccc(NCCCCCN)cc2C1=O. The van der Waals surface area contributed by atoms with Gasteiger partial charge in [0.15, 0.2) is 0 Å². The number of imide groups is 1. The normalized spacial score (nSPS) is 14.0. The van der Waals surface area contributed by atoms with E-state index in [1.165, 1.54) is 4.90 Å². The lowest BCUT2D eigenvalue weighted by Crippen LogP contribution is -2.35. The van der Waals surface area contributed by atoms with Gasteiger partial charge in [-0.3, -0.25) is 14.5 Å². The van der Waals surface area contributed by atoms with Gasteiger partial charge in [0.2, 0.25) is 0 Å². The number of benzene rings is 1. The molecule has 0 aromatic heterocycles. The zero-order valence-electron chi connectivity index (χ0n) is 12.7. The molecule has 1 aromatic carbocycles. The van der Waals surface area contributed by atoms with Crippen LogP contribution < -0.4 is 11.1 Å². The van der Waals surface area contributed by atoms with Crippen LogP contribution in [0.4, 0.5) is 5.69 Å². The number of fused-ring (bicyclic) bond motifs is 1. The van der Waals surface area contributed by atoms with Crippen molar-refractivity contribution in [2.75, 3.05) is 18.4 Å². The smallest absolute Gasteiger partial charge is 0.261 e. The topological polar surface area (TPSA) is 75.4 Å². The number of hydrogen-bond acceptors (Lipinski definition) is 4. The first-order valence-corrected chi connectivity index (χ1v) is 7.52. The van der Waals surface area contributed by atoms with Crippen molar-refractivity contribution < 1.29 is 9.59 Å². The van der Waals surface area contributed by atoms with E-state index in [2.05, 4.69) is 5.32 Å². The van der Waals surface area contributed by atoms with Gasteiger partial charge in [-0.1, -0.05) is 6.42 Å². The van der Waals surface area contributed by atoms with E-state index in [-0.39, 0.29) is 17.9 Å². The molecule has 3 N–H and O–H groups in total. The lowest BCUT2D eigenvalue weighted by molar-refractivity contribution is 0.0609. The van der Waals surface area contributed by atoms with Crippen molar-refractivity contribution in [3.63, 3.8) is 0 Å². The highest BCUT2D eigenvalue weighted by molar-refractivity contribution is 6.21. The molecule has 21 heavy (non-hydrogen) atoms. The number of carbonyl (C=O) groups excluding carboxylic acids is 2. The second kappa shape index (κ2) is 6.72. The van der Waals surface area contributed by atoms with Gasteiger partial charge in [-0.25, -0.2) is 0 Å². The predicted octanol–water partition coefficient (Wildman–Crippen LogP) is 2.23. The summed E-state index contributed by atoms with van der Waals surface area (Å²) in [5, 5.41) is 3.29. The van der Waals surface area contributed by atoms with Gasteiger partial charge in [0.1, 0.15) is 0 Å². The molecule has 0 fully saturated rings. The van der Waals surface area contributed by atoms with E-state index in [0.717, 1.165) is 38.0 Å². The molecule has 2 amide bonds. The van der Waals surface area contributed by atoms with Crippen LogP contribution in [0.1, 0.15) is 53.8 Å². The van der Waals surface area contributed by atoms with Gasteiger partial charge in [0.25, 0.3) is 11.8 Å². The van der Waals surface area contributed by atoms with Crippen molar-refractivity contribution in [1.82, 2.24) is 4.90 Å². The number of unbranched alkanes of at least 4 members (excludes halogenated alkanes) is 2. The lowest BCUT2D eigenvalue weighted by atomic mass is 10.1. The van der Waals surface area contributed by atoms with Gasteiger partial charge in [-0.15, -0.1) is 0 Å². The first-order chi connectivity index (χ1) is 10.1. The summed E-state index contributed by atoms with van der Waals surface area (Å²) in [4.78, 5) is 25.8. The van der Waals surface area contributed by atoms with Gasteiger partial charge < -0.3 is 11.1 Å². The van der Waals surface area contributed by atoms with E-state index >= 15 is 0 Å². The minimum atomic E-state index is -0.197. The van der Waals surface area contributed by atoms with Crippen LogP contribution in [0.15, 0.2) is 18.2 Å². The van der Waals surface area contributed by atoms with E-state index < -0.39 is 0 Å². The zero-order valence-corrected chi connectivity index (χ0v) is 12.7. The fourth-order valence-electron chi connectivity index (χ4n) is 2.52. The van der Waals surface area contributed by atoms with Crippen molar-refractivity contribution in [3.05, 3.63) is 29.3 Å². The maximum Gasteiger partial charge on any atom is 0.261 e. The van der Waals surface area contributed by atoms with Crippen LogP contribution in [0, 0.1) is 0 Å². The Bertz CT molecular complexity index is 540. The highest BCUT2D eigenvalue weighted by atomic mass is 16.2. The number of nitrogens with two attached hydrogens (primary N) is 1. The number of nitrogens with zero attached hydrogens (tertiary/aromatic N) is 1. The van der Waals surface area contributed by atoms with Crippen LogP contribution in [0.3, 0.4) is 0 Å². The highest BCUT2D eigenvalue weighted by Gasteiger charge is 2.37. The Morgan fingerprint density at radius 3 is 2.48 bits per heavy atom. The van der Waals surface area contributed by atoms with Crippen LogP contribution in [-0.2, 0) is 0 Å². The Morgan fingerprint density at radius 1 is 1.10 bits per heavy atom. The van der Waals surface area contributed by atoms with Gasteiger partial charge in [-0.05, 0) is 51.4 Å². The Kier molecular flexibility index (Phi) is 4.96. The maximum atomic E-state index is 12.3. The number of anilines is 1. The maximum absolute atomic E-state index is 12.3. The Balaban J connectivity index is 2.04. The molecule has 0 saturated carbocycles. The van der Waals surface area contributed by atoms with Crippen LogP contribution in [0.5, 0.6) is 0 Å². The molecule has 0 atom stereocenters. The van der Waals surface area contributed by atoms with Crippen molar-refractivity contribution >= 4 is 17.5 Å². The fourth-order valence-corrected chi connectivity index (χ4v) is 2.52. The van der Waals surface area contributed by atoms with Crippen molar-refractivity contribution in [2.45, 2.75) is 39.2 Å². The fraction of sp³-hybridized carbons (Fsp3) is 0.500. The first kappa shape index (κ1) is 15.5. The van der Waals surface area contributed by atoms with Gasteiger partial charge in [0.05, 0.1) is 11.1 Å². The molecule has 5 nitrogen and oxygen atoms in total. The predicted molar refractivity (Wildman–Crippen MR) is 83.5 cm³/mol. The summed E-state index contributed by atoms with van der Waals surface area (Å²) in [5.41, 5.74) is 7.34. The molecule has 1 aliphatic rings. The third-order valence-corrected chi connectivity index (χ3v) is 3.64. The van der Waals surface area contributed by atoms with Crippen LogP contribution >= 0.6 is 0 Å². The summed E-state index contributed by atoms with van der Waals surface area (Å²) in [6.07, 6.45) is 3.16. The Labute approximate surface area is 125 Å². The quantitative estimate of drug-likeness (QED) is 0.596. The Hall–Kier alpha value is -1.88. The van der Waals surface area contributed by atoms with Gasteiger partial charge in [0, 0.05) is 18.3 Å². The van der Waals surface area contributed by atoms with E-state index in [9.17, 15) is 9.59 Å². The Morgan fingerprint density at radius 2 is 1.81 bits per heavy atom. The second-order valence-corrected chi connectivity index (χ2v) is 5.61. The van der Waals surface area contributed by atoms with Gasteiger partial charge in [-0.2, -0.15) is 0 Å². The van der Waals surface area contributed by atoms with Crippen molar-refractivity contribution in [3.8, 4) is 0 Å². The van der Waals surface area contributed by atoms with Gasteiger partial charge >= 0.3 is 0 Å².